The second kappa shape index (κ2) is 13.5. The Morgan fingerprint density at radius 2 is 0.921 bits per heavy atom. The molecule has 0 saturated heterocycles. The summed E-state index contributed by atoms with van der Waals surface area (Å²) in [5, 5.41) is 10.4. The fourth-order valence-corrected chi connectivity index (χ4v) is 10.9. The summed E-state index contributed by atoms with van der Waals surface area (Å²) in [4.78, 5) is 2.41. The summed E-state index contributed by atoms with van der Waals surface area (Å²) in [5.74, 6) is 0. The molecule has 12 aromatic rings. The standard InChI is InChI=1S/C61H42N2/c1-61(2)54-19-10-9-18-50(54)51-35-32-49(38-55(51)61)62(47-28-22-40(23-29-47)39-12-5-3-6-13-39)48-30-24-41(25-31-48)44-27-33-52-56(36-44)63(46-16-7-4-8-17-46)57-37-45-21-20-42-14-11-15-43-26-34-53(60(52)57)59(45)58(42)43/h3-38H,1-2H3. The fourth-order valence-electron chi connectivity index (χ4n) is 10.9. The Kier molecular flexibility index (Phi) is 7.68. The molecule has 1 aromatic heterocycles. The average molecular weight is 803 g/mol. The summed E-state index contributed by atoms with van der Waals surface area (Å²) < 4.78 is 2.46. The van der Waals surface area contributed by atoms with E-state index in [1.54, 1.807) is 0 Å². The van der Waals surface area contributed by atoms with Gasteiger partial charge in [-0.15, -0.1) is 0 Å². The van der Waals surface area contributed by atoms with Crippen molar-refractivity contribution in [2.45, 2.75) is 19.3 Å². The lowest BCUT2D eigenvalue weighted by Crippen LogP contribution is -2.16. The van der Waals surface area contributed by atoms with E-state index in [-0.39, 0.29) is 5.41 Å². The maximum Gasteiger partial charge on any atom is 0.0553 e. The first-order chi connectivity index (χ1) is 31.0. The Bertz CT molecular complexity index is 3710. The lowest BCUT2D eigenvalue weighted by Gasteiger charge is -2.28. The number of hydrogen-bond donors (Lipinski definition) is 0. The number of hydrogen-bond acceptors (Lipinski definition) is 1. The topological polar surface area (TPSA) is 8.17 Å². The van der Waals surface area contributed by atoms with Crippen molar-refractivity contribution in [1.29, 1.82) is 0 Å². The van der Waals surface area contributed by atoms with E-state index < -0.39 is 0 Å². The fraction of sp³-hybridized carbons (Fsp3) is 0.0492. The van der Waals surface area contributed by atoms with Gasteiger partial charge in [-0.05, 0) is 137 Å². The summed E-state index contributed by atoms with van der Waals surface area (Å²) in [6.07, 6.45) is 0. The van der Waals surface area contributed by atoms with Gasteiger partial charge in [0.05, 0.1) is 11.0 Å². The Labute approximate surface area is 366 Å². The molecule has 0 fully saturated rings. The van der Waals surface area contributed by atoms with E-state index >= 15 is 0 Å². The molecule has 63 heavy (non-hydrogen) atoms. The minimum Gasteiger partial charge on any atom is -0.310 e. The van der Waals surface area contributed by atoms with Crippen molar-refractivity contribution >= 4 is 71.2 Å². The molecule has 0 spiro atoms. The molecule has 2 nitrogen and oxygen atoms in total. The van der Waals surface area contributed by atoms with Gasteiger partial charge >= 0.3 is 0 Å². The number of rotatable bonds is 6. The Morgan fingerprint density at radius 3 is 1.67 bits per heavy atom. The molecule has 0 bridgehead atoms. The van der Waals surface area contributed by atoms with Crippen LogP contribution >= 0.6 is 0 Å². The number of aromatic nitrogens is 1. The third-order valence-corrected chi connectivity index (χ3v) is 13.9. The third kappa shape index (κ3) is 5.38. The first-order valence-electron chi connectivity index (χ1n) is 22.0. The van der Waals surface area contributed by atoms with Gasteiger partial charge in [0, 0.05) is 38.9 Å². The molecule has 1 heterocycles. The van der Waals surface area contributed by atoms with E-state index in [2.05, 4.69) is 242 Å². The second-order valence-electron chi connectivity index (χ2n) is 17.7. The molecule has 13 rings (SSSR count). The summed E-state index contributed by atoms with van der Waals surface area (Å²) in [7, 11) is 0. The maximum atomic E-state index is 2.46. The molecule has 0 aliphatic heterocycles. The molecule has 0 amide bonds. The van der Waals surface area contributed by atoms with Gasteiger partial charge in [0.15, 0.2) is 0 Å². The first-order valence-corrected chi connectivity index (χ1v) is 22.0. The van der Waals surface area contributed by atoms with Crippen molar-refractivity contribution in [2.24, 2.45) is 0 Å². The molecule has 2 heteroatoms. The monoisotopic (exact) mass is 802 g/mol. The van der Waals surface area contributed by atoms with Crippen LogP contribution in [0.2, 0.25) is 0 Å². The van der Waals surface area contributed by atoms with E-state index in [0.717, 1.165) is 22.7 Å². The highest BCUT2D eigenvalue weighted by Gasteiger charge is 2.35. The Balaban J connectivity index is 0.956. The molecule has 0 radical (unpaired) electrons. The van der Waals surface area contributed by atoms with Crippen molar-refractivity contribution in [3.63, 3.8) is 0 Å². The summed E-state index contributed by atoms with van der Waals surface area (Å²) >= 11 is 0. The Morgan fingerprint density at radius 1 is 0.349 bits per heavy atom. The van der Waals surface area contributed by atoms with Crippen LogP contribution in [-0.4, -0.2) is 4.57 Å². The van der Waals surface area contributed by atoms with E-state index in [1.165, 1.54) is 98.6 Å². The largest absolute Gasteiger partial charge is 0.310 e. The van der Waals surface area contributed by atoms with E-state index in [4.69, 9.17) is 0 Å². The van der Waals surface area contributed by atoms with Crippen LogP contribution in [0, 0.1) is 0 Å². The molecule has 0 atom stereocenters. The SMILES string of the molecule is CC1(C)c2ccccc2-c2ccc(N(c3ccc(-c4ccccc4)cc3)c3ccc(-c4ccc5c6c7ccc8cccc9ccc(cc6n(-c6ccccc6)c5c4)c7c98)cc3)cc21. The van der Waals surface area contributed by atoms with E-state index in [9.17, 15) is 0 Å². The minimum atomic E-state index is -0.104. The molecular weight excluding hydrogens is 761 g/mol. The van der Waals surface area contributed by atoms with Gasteiger partial charge in [-0.2, -0.15) is 0 Å². The van der Waals surface area contributed by atoms with Crippen LogP contribution in [0.1, 0.15) is 25.0 Å². The van der Waals surface area contributed by atoms with Crippen LogP contribution in [0.3, 0.4) is 0 Å². The third-order valence-electron chi connectivity index (χ3n) is 13.9. The molecule has 1 aliphatic rings. The minimum absolute atomic E-state index is 0.104. The quantitative estimate of drug-likeness (QED) is 0.152. The van der Waals surface area contributed by atoms with Gasteiger partial charge in [0.1, 0.15) is 0 Å². The predicted molar refractivity (Wildman–Crippen MR) is 268 cm³/mol. The van der Waals surface area contributed by atoms with Gasteiger partial charge in [0.25, 0.3) is 0 Å². The van der Waals surface area contributed by atoms with Crippen molar-refractivity contribution in [3.8, 4) is 39.1 Å². The molecular formula is C61H42N2. The van der Waals surface area contributed by atoms with E-state index in [0.29, 0.717) is 0 Å². The summed E-state index contributed by atoms with van der Waals surface area (Å²) in [6, 6.07) is 80.9. The lowest BCUT2D eigenvalue weighted by atomic mass is 9.82. The molecule has 0 saturated carbocycles. The van der Waals surface area contributed by atoms with Gasteiger partial charge in [0.2, 0.25) is 0 Å². The number of nitrogens with zero attached hydrogens (tertiary/aromatic N) is 2. The number of anilines is 3. The van der Waals surface area contributed by atoms with Crippen molar-refractivity contribution in [3.05, 3.63) is 230 Å². The molecule has 296 valence electrons. The van der Waals surface area contributed by atoms with Crippen LogP contribution in [0.15, 0.2) is 218 Å². The number of benzene rings is 11. The summed E-state index contributed by atoms with van der Waals surface area (Å²) in [6.45, 7) is 4.71. The van der Waals surface area contributed by atoms with Gasteiger partial charge < -0.3 is 9.47 Å². The molecule has 11 aromatic carbocycles. The highest BCUT2D eigenvalue weighted by molar-refractivity contribution is 6.33. The van der Waals surface area contributed by atoms with Gasteiger partial charge in [-0.25, -0.2) is 0 Å². The maximum absolute atomic E-state index is 2.46. The Hall–Kier alpha value is -7.94. The zero-order chi connectivity index (χ0) is 41.8. The average Bonchev–Trinajstić information content (AvgIpc) is 3.79. The molecule has 0 N–H and O–H groups in total. The van der Waals surface area contributed by atoms with Crippen molar-refractivity contribution < 1.29 is 0 Å². The lowest BCUT2D eigenvalue weighted by molar-refractivity contribution is 0.660. The van der Waals surface area contributed by atoms with Crippen molar-refractivity contribution in [1.82, 2.24) is 4.57 Å². The zero-order valence-corrected chi connectivity index (χ0v) is 35.2. The molecule has 1 aliphatic carbocycles. The van der Waals surface area contributed by atoms with Crippen LogP contribution in [0.5, 0.6) is 0 Å². The van der Waals surface area contributed by atoms with Crippen LogP contribution in [-0.2, 0) is 5.41 Å². The van der Waals surface area contributed by atoms with Gasteiger partial charge in [-0.1, -0.05) is 172 Å². The van der Waals surface area contributed by atoms with E-state index in [1.807, 2.05) is 0 Å². The highest BCUT2D eigenvalue weighted by atomic mass is 15.1. The first kappa shape index (κ1) is 35.8. The van der Waals surface area contributed by atoms with Crippen LogP contribution in [0.25, 0.3) is 93.2 Å². The normalized spacial score (nSPS) is 13.0. The predicted octanol–water partition coefficient (Wildman–Crippen LogP) is 16.8. The second-order valence-corrected chi connectivity index (χ2v) is 17.7. The van der Waals surface area contributed by atoms with Crippen LogP contribution in [0.4, 0.5) is 17.1 Å². The zero-order valence-electron chi connectivity index (χ0n) is 35.2. The summed E-state index contributed by atoms with van der Waals surface area (Å²) in [5.41, 5.74) is 17.1. The number of para-hydroxylation sites is 1. The van der Waals surface area contributed by atoms with Gasteiger partial charge in [-0.3, -0.25) is 0 Å². The molecule has 0 unspecified atom stereocenters. The smallest absolute Gasteiger partial charge is 0.0553 e. The van der Waals surface area contributed by atoms with Crippen LogP contribution < -0.4 is 4.90 Å². The van der Waals surface area contributed by atoms with Crippen molar-refractivity contribution in [2.75, 3.05) is 4.90 Å². The number of fused-ring (bicyclic) bond motifs is 7. The highest BCUT2D eigenvalue weighted by Crippen LogP contribution is 2.51.